The lowest BCUT2D eigenvalue weighted by Gasteiger charge is -2.04. The molecule has 0 bridgehead atoms. The van der Waals surface area contributed by atoms with Crippen LogP contribution in [0.15, 0.2) is 73.3 Å². The van der Waals surface area contributed by atoms with Gasteiger partial charge in [-0.15, -0.1) is 0 Å². The number of thiazole rings is 1. The minimum Gasteiger partial charge on any atom is -0.364 e. The molecule has 2 aromatic carbocycles. The number of aromatic nitrogens is 3. The Morgan fingerprint density at radius 2 is 2.00 bits per heavy atom. The Hall–Kier alpha value is -3.98. The van der Waals surface area contributed by atoms with Crippen LogP contribution in [-0.2, 0) is 11.3 Å². The number of fused-ring (bicyclic) bond motifs is 1. The molecular weight excluding hydrogens is 400 g/mol. The summed E-state index contributed by atoms with van der Waals surface area (Å²) in [7, 11) is 0. The maximum absolute atomic E-state index is 12.2. The first-order valence-corrected chi connectivity index (χ1v) is 9.90. The topological polar surface area (TPSA) is 115 Å². The Bertz CT molecular complexity index is 1230. The van der Waals surface area contributed by atoms with Gasteiger partial charge in [-0.1, -0.05) is 47.7 Å². The lowest BCUT2D eigenvalue weighted by molar-refractivity contribution is -0.111. The summed E-state index contributed by atoms with van der Waals surface area (Å²) in [5, 5.41) is 8.78. The first-order valence-electron chi connectivity index (χ1n) is 9.08. The van der Waals surface area contributed by atoms with Crippen LogP contribution >= 0.6 is 11.3 Å². The second-order valence-electron chi connectivity index (χ2n) is 6.40. The Balaban J connectivity index is 1.48. The largest absolute Gasteiger partial charge is 0.364 e. The zero-order valence-corrected chi connectivity index (χ0v) is 16.6. The number of primary amides is 1. The maximum atomic E-state index is 12.2. The van der Waals surface area contributed by atoms with Gasteiger partial charge in [0.1, 0.15) is 5.00 Å². The Labute approximate surface area is 176 Å². The number of nitrogens with zero attached hydrogens (tertiary/aromatic N) is 3. The molecule has 0 spiro atoms. The van der Waals surface area contributed by atoms with Crippen molar-refractivity contribution in [2.75, 3.05) is 10.6 Å². The van der Waals surface area contributed by atoms with Crippen LogP contribution in [0.3, 0.4) is 0 Å². The quantitative estimate of drug-likeness (QED) is 0.397. The number of nitrogens with two attached hydrogens (primary N) is 1. The number of hydrogen-bond acceptors (Lipinski definition) is 6. The fourth-order valence-corrected chi connectivity index (χ4v) is 3.74. The van der Waals surface area contributed by atoms with Crippen molar-refractivity contribution in [3.63, 3.8) is 0 Å². The van der Waals surface area contributed by atoms with Crippen LogP contribution in [0.2, 0.25) is 0 Å². The number of rotatable bonds is 7. The van der Waals surface area contributed by atoms with E-state index in [0.717, 1.165) is 27.8 Å². The third-order valence-corrected chi connectivity index (χ3v) is 5.13. The van der Waals surface area contributed by atoms with E-state index in [-0.39, 0.29) is 11.6 Å². The van der Waals surface area contributed by atoms with Gasteiger partial charge in [-0.05, 0) is 22.9 Å². The normalized spacial score (nSPS) is 11.1. The zero-order valence-electron chi connectivity index (χ0n) is 15.8. The van der Waals surface area contributed by atoms with Crippen molar-refractivity contribution in [2.24, 2.45) is 5.73 Å². The summed E-state index contributed by atoms with van der Waals surface area (Å²) in [6.07, 6.45) is 8.19. The molecule has 4 N–H and O–H groups in total. The van der Waals surface area contributed by atoms with Gasteiger partial charge in [0.15, 0.2) is 10.8 Å². The van der Waals surface area contributed by atoms with E-state index >= 15 is 0 Å². The summed E-state index contributed by atoms with van der Waals surface area (Å²) in [6, 6.07) is 13.9. The fourth-order valence-electron chi connectivity index (χ4n) is 2.85. The minimum atomic E-state index is -0.712. The molecule has 0 unspecified atom stereocenters. The molecule has 2 aromatic heterocycles. The van der Waals surface area contributed by atoms with Gasteiger partial charge >= 0.3 is 0 Å². The van der Waals surface area contributed by atoms with Gasteiger partial charge in [-0.2, -0.15) is 0 Å². The summed E-state index contributed by atoms with van der Waals surface area (Å²) in [5.74, 6) is -1.09. The van der Waals surface area contributed by atoms with E-state index in [2.05, 4.69) is 20.6 Å². The Kier molecular flexibility index (Phi) is 5.53. The third-order valence-electron chi connectivity index (χ3n) is 4.24. The number of amides is 2. The van der Waals surface area contributed by atoms with Crippen LogP contribution in [-0.4, -0.2) is 26.3 Å². The predicted octanol–water partition coefficient (Wildman–Crippen LogP) is 3.53. The second kappa shape index (κ2) is 8.58. The number of carbonyl (C=O) groups excluding carboxylic acids is 2. The van der Waals surface area contributed by atoms with E-state index in [0.29, 0.717) is 16.7 Å². The van der Waals surface area contributed by atoms with Gasteiger partial charge in [-0.3, -0.25) is 9.59 Å². The van der Waals surface area contributed by atoms with Gasteiger partial charge < -0.3 is 20.9 Å². The number of nitrogens with one attached hydrogen (secondary N) is 2. The smallest absolute Gasteiger partial charge is 0.270 e. The van der Waals surface area contributed by atoms with Crippen molar-refractivity contribution in [3.8, 4) is 0 Å². The monoisotopic (exact) mass is 418 g/mol. The molecule has 0 radical (unpaired) electrons. The summed E-state index contributed by atoms with van der Waals surface area (Å²) >= 11 is 1.14. The van der Waals surface area contributed by atoms with Crippen molar-refractivity contribution < 1.29 is 9.59 Å². The first kappa shape index (κ1) is 19.3. The second-order valence-corrected chi connectivity index (χ2v) is 7.40. The van der Waals surface area contributed by atoms with Crippen LogP contribution in [0.5, 0.6) is 0 Å². The van der Waals surface area contributed by atoms with E-state index in [9.17, 15) is 9.59 Å². The molecular formula is C21H18N6O2S. The van der Waals surface area contributed by atoms with Gasteiger partial charge in [-0.25, -0.2) is 9.97 Å². The van der Waals surface area contributed by atoms with E-state index < -0.39 is 5.91 Å². The molecule has 30 heavy (non-hydrogen) atoms. The SMILES string of the molecule is NC(=O)c1nc(Nc2ccc3ccccc3c2)sc1NC(=O)/C=C/Cn1ccnc1. The minimum absolute atomic E-state index is 0.0136. The average molecular weight is 418 g/mol. The van der Waals surface area contributed by atoms with Gasteiger partial charge in [0.2, 0.25) is 5.91 Å². The summed E-state index contributed by atoms with van der Waals surface area (Å²) in [6.45, 7) is 0.507. The highest BCUT2D eigenvalue weighted by atomic mass is 32.1. The molecule has 0 fully saturated rings. The Morgan fingerprint density at radius 3 is 2.77 bits per heavy atom. The highest BCUT2D eigenvalue weighted by Gasteiger charge is 2.17. The van der Waals surface area contributed by atoms with Crippen LogP contribution in [0.1, 0.15) is 10.5 Å². The van der Waals surface area contributed by atoms with E-state index in [1.807, 2.05) is 47.0 Å². The maximum Gasteiger partial charge on any atom is 0.270 e. The molecule has 0 aliphatic carbocycles. The van der Waals surface area contributed by atoms with Crippen molar-refractivity contribution in [2.45, 2.75) is 6.54 Å². The number of anilines is 3. The summed E-state index contributed by atoms with van der Waals surface area (Å²) in [4.78, 5) is 32.2. The zero-order chi connectivity index (χ0) is 20.9. The molecule has 0 saturated heterocycles. The molecule has 0 atom stereocenters. The van der Waals surface area contributed by atoms with Gasteiger partial charge in [0.25, 0.3) is 5.91 Å². The van der Waals surface area contributed by atoms with Crippen LogP contribution in [0.25, 0.3) is 10.8 Å². The average Bonchev–Trinajstić information content (AvgIpc) is 3.38. The highest BCUT2D eigenvalue weighted by Crippen LogP contribution is 2.31. The summed E-state index contributed by atoms with van der Waals surface area (Å²) in [5.41, 5.74) is 6.26. The molecule has 8 nitrogen and oxygen atoms in total. The third kappa shape index (κ3) is 4.53. The van der Waals surface area contributed by atoms with Crippen molar-refractivity contribution in [3.05, 3.63) is 79.0 Å². The highest BCUT2D eigenvalue weighted by molar-refractivity contribution is 7.20. The van der Waals surface area contributed by atoms with E-state index in [4.69, 9.17) is 5.73 Å². The molecule has 9 heteroatoms. The van der Waals surface area contributed by atoms with Crippen molar-refractivity contribution in [1.29, 1.82) is 0 Å². The van der Waals surface area contributed by atoms with E-state index in [1.54, 1.807) is 24.8 Å². The fraction of sp³-hybridized carbons (Fsp3) is 0.0476. The molecule has 4 aromatic rings. The summed E-state index contributed by atoms with van der Waals surface area (Å²) < 4.78 is 1.82. The number of imidazole rings is 1. The number of benzene rings is 2. The number of allylic oxidation sites excluding steroid dienone is 1. The van der Waals surface area contributed by atoms with Crippen LogP contribution in [0.4, 0.5) is 15.8 Å². The van der Waals surface area contributed by atoms with Crippen LogP contribution < -0.4 is 16.4 Å². The van der Waals surface area contributed by atoms with Gasteiger partial charge in [0.05, 0.1) is 6.33 Å². The van der Waals surface area contributed by atoms with Gasteiger partial charge in [0, 0.05) is 30.7 Å². The Morgan fingerprint density at radius 1 is 1.17 bits per heavy atom. The number of carbonyl (C=O) groups is 2. The molecule has 4 rings (SSSR count). The van der Waals surface area contributed by atoms with E-state index in [1.165, 1.54) is 6.08 Å². The molecule has 0 saturated carbocycles. The molecule has 2 amide bonds. The molecule has 150 valence electrons. The molecule has 2 heterocycles. The number of hydrogen-bond donors (Lipinski definition) is 3. The molecule has 0 aliphatic rings. The van der Waals surface area contributed by atoms with Crippen molar-refractivity contribution in [1.82, 2.24) is 14.5 Å². The first-order chi connectivity index (χ1) is 14.6. The van der Waals surface area contributed by atoms with Crippen LogP contribution in [0, 0.1) is 0 Å². The van der Waals surface area contributed by atoms with Crippen molar-refractivity contribution >= 4 is 49.7 Å². The lowest BCUT2D eigenvalue weighted by atomic mass is 10.1. The lowest BCUT2D eigenvalue weighted by Crippen LogP contribution is -2.16. The predicted molar refractivity (Wildman–Crippen MR) is 118 cm³/mol. The molecule has 0 aliphatic heterocycles. The standard InChI is InChI=1S/C21H18N6O2S/c22-19(29)18-20(25-17(28)6-3-10-27-11-9-23-13-27)30-21(26-18)24-16-8-7-14-4-1-2-5-15(14)12-16/h1-9,11-13H,10H2,(H2,22,29)(H,24,26)(H,25,28)/b6-3+.